The van der Waals surface area contributed by atoms with Gasteiger partial charge in [-0.15, -0.1) is 0 Å². The van der Waals surface area contributed by atoms with Crippen LogP contribution in [-0.2, 0) is 4.79 Å². The van der Waals surface area contributed by atoms with Crippen molar-refractivity contribution in [1.29, 1.82) is 5.26 Å². The Bertz CT molecular complexity index is 300. The third-order valence-corrected chi connectivity index (χ3v) is 4.46. The number of hydrogen-bond donors (Lipinski definition) is 0. The van der Waals surface area contributed by atoms with E-state index in [2.05, 4.69) is 19.9 Å². The van der Waals surface area contributed by atoms with E-state index in [1.165, 1.54) is 6.42 Å². The Labute approximate surface area is 85.3 Å². The number of rotatable bonds is 2. The molecule has 0 spiro atoms. The molecule has 3 fully saturated rings. The van der Waals surface area contributed by atoms with Gasteiger partial charge in [0, 0.05) is 18.8 Å². The van der Waals surface area contributed by atoms with Crippen molar-refractivity contribution in [1.82, 2.24) is 0 Å². The van der Waals surface area contributed by atoms with E-state index in [-0.39, 0.29) is 5.92 Å². The zero-order chi connectivity index (χ0) is 10.3. The summed E-state index contributed by atoms with van der Waals surface area (Å²) < 4.78 is 0. The quantitative estimate of drug-likeness (QED) is 0.673. The number of carbonyl (C=O) groups excluding carboxylic acids is 1. The molecule has 0 amide bonds. The lowest BCUT2D eigenvalue weighted by Crippen LogP contribution is -2.55. The average Bonchev–Trinajstić information content (AvgIpc) is 2.15. The predicted octanol–water partition coefficient (Wildman–Crippen LogP) is 2.54. The number of nitriles is 1. The van der Waals surface area contributed by atoms with Crippen molar-refractivity contribution < 1.29 is 4.79 Å². The fraction of sp³-hybridized carbons (Fsp3) is 0.833. The summed E-state index contributed by atoms with van der Waals surface area (Å²) in [5.74, 6) is 1.79. The second-order valence-electron chi connectivity index (χ2n) is 5.33. The molecule has 3 aliphatic rings. The first kappa shape index (κ1) is 9.71. The molecule has 2 heteroatoms. The van der Waals surface area contributed by atoms with Crippen LogP contribution in [0, 0.1) is 34.5 Å². The molecule has 0 aromatic carbocycles. The van der Waals surface area contributed by atoms with Gasteiger partial charge in [-0.2, -0.15) is 5.26 Å². The molecule has 3 atom stereocenters. The van der Waals surface area contributed by atoms with Crippen LogP contribution < -0.4 is 0 Å². The highest BCUT2D eigenvalue weighted by atomic mass is 16.1. The Morgan fingerprint density at radius 1 is 1.57 bits per heavy atom. The van der Waals surface area contributed by atoms with Crippen LogP contribution in [-0.4, -0.2) is 5.78 Å². The van der Waals surface area contributed by atoms with Gasteiger partial charge in [-0.05, 0) is 30.1 Å². The monoisotopic (exact) mass is 191 g/mol. The maximum atomic E-state index is 11.7. The predicted molar refractivity (Wildman–Crippen MR) is 53.3 cm³/mol. The van der Waals surface area contributed by atoms with Gasteiger partial charge in [-0.1, -0.05) is 13.8 Å². The zero-order valence-corrected chi connectivity index (χ0v) is 8.92. The van der Waals surface area contributed by atoms with Crippen molar-refractivity contribution in [2.75, 3.05) is 0 Å². The molecule has 0 aromatic rings. The number of hydrogen-bond acceptors (Lipinski definition) is 2. The van der Waals surface area contributed by atoms with Crippen LogP contribution in [0.2, 0.25) is 0 Å². The average molecular weight is 191 g/mol. The normalized spacial score (nSPS) is 38.6. The van der Waals surface area contributed by atoms with Gasteiger partial charge in [0.05, 0.1) is 6.07 Å². The second kappa shape index (κ2) is 3.08. The minimum atomic E-state index is 0.189. The van der Waals surface area contributed by atoms with Gasteiger partial charge in [0.15, 0.2) is 0 Å². The van der Waals surface area contributed by atoms with Gasteiger partial charge in [-0.3, -0.25) is 4.79 Å². The molecule has 0 saturated heterocycles. The lowest BCUT2D eigenvalue weighted by atomic mass is 9.45. The highest BCUT2D eigenvalue weighted by Gasteiger charge is 2.57. The summed E-state index contributed by atoms with van der Waals surface area (Å²) in [4.78, 5) is 11.7. The van der Waals surface area contributed by atoms with Gasteiger partial charge in [0.25, 0.3) is 0 Å². The van der Waals surface area contributed by atoms with Crippen molar-refractivity contribution in [2.45, 2.75) is 39.5 Å². The van der Waals surface area contributed by atoms with E-state index in [4.69, 9.17) is 5.26 Å². The van der Waals surface area contributed by atoms with Crippen molar-refractivity contribution >= 4 is 5.78 Å². The number of ketones is 1. The van der Waals surface area contributed by atoms with Gasteiger partial charge in [0.2, 0.25) is 0 Å². The van der Waals surface area contributed by atoms with Crippen LogP contribution in [0.4, 0.5) is 0 Å². The molecular weight excluding hydrogens is 174 g/mol. The number of fused-ring (bicyclic) bond motifs is 2. The highest BCUT2D eigenvalue weighted by molar-refractivity contribution is 5.83. The fourth-order valence-electron chi connectivity index (χ4n) is 3.29. The maximum Gasteiger partial charge on any atom is 0.136 e. The van der Waals surface area contributed by atoms with Crippen LogP contribution in [0.5, 0.6) is 0 Å². The second-order valence-corrected chi connectivity index (χ2v) is 5.33. The topological polar surface area (TPSA) is 40.9 Å². The van der Waals surface area contributed by atoms with E-state index in [1.54, 1.807) is 0 Å². The summed E-state index contributed by atoms with van der Waals surface area (Å²) in [5, 5.41) is 8.55. The van der Waals surface area contributed by atoms with Gasteiger partial charge >= 0.3 is 0 Å². The van der Waals surface area contributed by atoms with E-state index in [1.807, 2.05) is 0 Å². The Kier molecular flexibility index (Phi) is 2.14. The molecule has 2 nitrogen and oxygen atoms in total. The molecule has 0 aliphatic heterocycles. The van der Waals surface area contributed by atoms with Crippen LogP contribution in [0.25, 0.3) is 0 Å². The molecule has 2 bridgehead atoms. The molecule has 0 unspecified atom stereocenters. The van der Waals surface area contributed by atoms with Crippen molar-refractivity contribution in [3.63, 3.8) is 0 Å². The summed E-state index contributed by atoms with van der Waals surface area (Å²) in [6, 6.07) is 2.15. The van der Waals surface area contributed by atoms with Crippen molar-refractivity contribution in [3.05, 3.63) is 0 Å². The van der Waals surface area contributed by atoms with E-state index < -0.39 is 0 Å². The van der Waals surface area contributed by atoms with E-state index in [0.29, 0.717) is 29.5 Å². The number of nitrogens with zero attached hydrogens (tertiary/aromatic N) is 1. The molecule has 3 saturated carbocycles. The first-order valence-corrected chi connectivity index (χ1v) is 5.47. The number of carbonyl (C=O) groups is 1. The SMILES string of the molecule is CC1(C)[C@H]2CC(=O)[C@H](CCC#N)[C@@H]1C2. The standard InChI is InChI=1S/C12H17NO/c1-12(2)8-6-10(12)9(4-3-5-13)11(14)7-8/h8-10H,3-4,6-7H2,1-2H3/t8-,9-,10+/m1/s1. The first-order chi connectivity index (χ1) is 6.57. The summed E-state index contributed by atoms with van der Waals surface area (Å²) in [7, 11) is 0. The summed E-state index contributed by atoms with van der Waals surface area (Å²) in [5.41, 5.74) is 0.355. The lowest BCUT2D eigenvalue weighted by Gasteiger charge is -2.59. The Hall–Kier alpha value is -0.840. The fourth-order valence-corrected chi connectivity index (χ4v) is 3.29. The molecule has 76 valence electrons. The Balaban J connectivity index is 2.08. The minimum Gasteiger partial charge on any atom is -0.299 e. The van der Waals surface area contributed by atoms with Crippen molar-refractivity contribution in [3.8, 4) is 6.07 Å². The molecule has 3 rings (SSSR count). The smallest absolute Gasteiger partial charge is 0.136 e. The zero-order valence-electron chi connectivity index (χ0n) is 8.92. The van der Waals surface area contributed by atoms with Gasteiger partial charge in [0.1, 0.15) is 5.78 Å². The minimum absolute atomic E-state index is 0.189. The third kappa shape index (κ3) is 1.19. The Morgan fingerprint density at radius 2 is 2.29 bits per heavy atom. The largest absolute Gasteiger partial charge is 0.299 e. The molecule has 0 heterocycles. The Morgan fingerprint density at radius 3 is 2.86 bits per heavy atom. The van der Waals surface area contributed by atoms with Crippen LogP contribution in [0.15, 0.2) is 0 Å². The summed E-state index contributed by atoms with van der Waals surface area (Å²) in [6.07, 6.45) is 3.30. The highest BCUT2D eigenvalue weighted by Crippen LogP contribution is 2.60. The van der Waals surface area contributed by atoms with E-state index in [0.717, 1.165) is 12.8 Å². The van der Waals surface area contributed by atoms with Crippen LogP contribution in [0.1, 0.15) is 39.5 Å². The van der Waals surface area contributed by atoms with Gasteiger partial charge < -0.3 is 0 Å². The lowest BCUT2D eigenvalue weighted by molar-refractivity contribution is -0.155. The van der Waals surface area contributed by atoms with E-state index >= 15 is 0 Å². The van der Waals surface area contributed by atoms with E-state index in [9.17, 15) is 4.79 Å². The number of Topliss-reactive ketones (excluding diaryl/α,β-unsaturated/α-hetero) is 1. The molecule has 0 radical (unpaired) electrons. The molecule has 3 aliphatic carbocycles. The maximum absolute atomic E-state index is 11.7. The van der Waals surface area contributed by atoms with Crippen LogP contribution in [0.3, 0.4) is 0 Å². The first-order valence-electron chi connectivity index (χ1n) is 5.47. The van der Waals surface area contributed by atoms with Gasteiger partial charge in [-0.25, -0.2) is 0 Å². The third-order valence-electron chi connectivity index (χ3n) is 4.46. The summed E-state index contributed by atoms with van der Waals surface area (Å²) >= 11 is 0. The molecule has 14 heavy (non-hydrogen) atoms. The molecule has 0 aromatic heterocycles. The summed E-state index contributed by atoms with van der Waals surface area (Å²) in [6.45, 7) is 4.55. The van der Waals surface area contributed by atoms with Crippen LogP contribution >= 0.6 is 0 Å². The molecular formula is C12H17NO. The van der Waals surface area contributed by atoms with Crippen molar-refractivity contribution in [2.24, 2.45) is 23.2 Å². The molecule has 0 N–H and O–H groups in total.